The highest BCUT2D eigenvalue weighted by molar-refractivity contribution is 7.13. The number of aliphatic hydroxyl groups excluding tert-OH is 1. The molecule has 0 saturated heterocycles. The van der Waals surface area contributed by atoms with Gasteiger partial charge in [0.1, 0.15) is 4.88 Å². The number of nitrogens with one attached hydrogen (secondary N) is 1. The van der Waals surface area contributed by atoms with Gasteiger partial charge in [0, 0.05) is 13.0 Å². The van der Waals surface area contributed by atoms with E-state index < -0.39 is 12.1 Å². The lowest BCUT2D eigenvalue weighted by molar-refractivity contribution is -0.146. The second kappa shape index (κ2) is 6.00. The second-order valence-electron chi connectivity index (χ2n) is 3.46. The minimum absolute atomic E-state index is 0.0386. The molecule has 0 saturated carbocycles. The molecule has 94 valence electrons. The molecule has 1 heterocycles. The van der Waals surface area contributed by atoms with Crippen LogP contribution < -0.4 is 5.32 Å². The van der Waals surface area contributed by atoms with E-state index in [2.05, 4.69) is 5.32 Å². The van der Waals surface area contributed by atoms with Gasteiger partial charge in [0.15, 0.2) is 6.10 Å². The van der Waals surface area contributed by atoms with Crippen LogP contribution in [0.3, 0.4) is 0 Å². The van der Waals surface area contributed by atoms with E-state index in [-0.39, 0.29) is 18.9 Å². The highest BCUT2D eigenvalue weighted by Crippen LogP contribution is 2.26. The molecule has 0 fully saturated rings. The third-order valence-corrected chi connectivity index (χ3v) is 3.79. The maximum absolute atomic E-state index is 11.6. The Morgan fingerprint density at radius 1 is 1.59 bits per heavy atom. The molecule has 7 heteroatoms. The zero-order valence-corrected chi connectivity index (χ0v) is 10.6. The van der Waals surface area contributed by atoms with E-state index in [1.807, 2.05) is 0 Å². The van der Waals surface area contributed by atoms with Gasteiger partial charge in [-0.3, -0.25) is 4.79 Å². The van der Waals surface area contributed by atoms with E-state index >= 15 is 0 Å². The fraction of sp³-hybridized carbons (Fsp3) is 0.400. The van der Waals surface area contributed by atoms with Crippen molar-refractivity contribution in [1.29, 1.82) is 0 Å². The summed E-state index contributed by atoms with van der Waals surface area (Å²) >= 11 is 7.13. The Hall–Kier alpha value is -1.11. The van der Waals surface area contributed by atoms with Crippen LogP contribution >= 0.6 is 22.9 Å². The van der Waals surface area contributed by atoms with Crippen LogP contribution in [0.15, 0.2) is 5.38 Å². The number of aryl methyl sites for hydroxylation is 1. The molecule has 0 aliphatic carbocycles. The number of hydrogen-bond acceptors (Lipinski definition) is 4. The van der Waals surface area contributed by atoms with Crippen molar-refractivity contribution >= 4 is 34.8 Å². The molecule has 0 aromatic carbocycles. The lowest BCUT2D eigenvalue weighted by atomic mass is 10.2. The minimum Gasteiger partial charge on any atom is -0.479 e. The van der Waals surface area contributed by atoms with Crippen molar-refractivity contribution in [3.05, 3.63) is 20.8 Å². The lowest BCUT2D eigenvalue weighted by Gasteiger charge is -2.06. The van der Waals surface area contributed by atoms with Gasteiger partial charge >= 0.3 is 5.97 Å². The first kappa shape index (κ1) is 14.0. The van der Waals surface area contributed by atoms with E-state index in [0.717, 1.165) is 5.56 Å². The van der Waals surface area contributed by atoms with Crippen molar-refractivity contribution in [1.82, 2.24) is 5.32 Å². The molecular formula is C10H12ClNO4S. The summed E-state index contributed by atoms with van der Waals surface area (Å²) in [5.74, 6) is -1.66. The van der Waals surface area contributed by atoms with Crippen LogP contribution in [0.25, 0.3) is 0 Å². The fourth-order valence-corrected chi connectivity index (χ4v) is 2.30. The first-order valence-corrected chi connectivity index (χ1v) is 6.12. The summed E-state index contributed by atoms with van der Waals surface area (Å²) in [6, 6.07) is 0. The molecule has 1 atom stereocenters. The molecule has 1 amide bonds. The first-order chi connectivity index (χ1) is 7.93. The summed E-state index contributed by atoms with van der Waals surface area (Å²) in [6.07, 6.45) is -1.50. The van der Waals surface area contributed by atoms with E-state index in [1.54, 1.807) is 12.3 Å². The summed E-state index contributed by atoms with van der Waals surface area (Å²) < 4.78 is 0. The van der Waals surface area contributed by atoms with Crippen molar-refractivity contribution in [3.8, 4) is 0 Å². The van der Waals surface area contributed by atoms with Crippen LogP contribution in [0.2, 0.25) is 5.02 Å². The normalized spacial score (nSPS) is 12.2. The van der Waals surface area contributed by atoms with Gasteiger partial charge in [-0.1, -0.05) is 11.6 Å². The highest BCUT2D eigenvalue weighted by atomic mass is 35.5. The van der Waals surface area contributed by atoms with Gasteiger partial charge < -0.3 is 15.5 Å². The number of halogens is 1. The van der Waals surface area contributed by atoms with Crippen molar-refractivity contribution in [2.45, 2.75) is 19.4 Å². The molecule has 0 bridgehead atoms. The van der Waals surface area contributed by atoms with Crippen LogP contribution in [0.5, 0.6) is 0 Å². The number of carboxylic acids is 1. The average Bonchev–Trinajstić information content (AvgIpc) is 2.59. The number of carbonyl (C=O) groups excluding carboxylic acids is 1. The average molecular weight is 278 g/mol. The molecule has 1 rings (SSSR count). The zero-order chi connectivity index (χ0) is 13.0. The number of rotatable bonds is 5. The monoisotopic (exact) mass is 277 g/mol. The number of amides is 1. The summed E-state index contributed by atoms with van der Waals surface area (Å²) in [5, 5.41) is 22.1. The smallest absolute Gasteiger partial charge is 0.332 e. The molecule has 1 aromatic heterocycles. The van der Waals surface area contributed by atoms with Crippen molar-refractivity contribution in [2.75, 3.05) is 6.54 Å². The summed E-state index contributed by atoms with van der Waals surface area (Å²) in [5.41, 5.74) is 0.826. The van der Waals surface area contributed by atoms with Gasteiger partial charge in [-0.2, -0.15) is 0 Å². The maximum Gasteiger partial charge on any atom is 0.332 e. The van der Waals surface area contributed by atoms with E-state index in [0.29, 0.717) is 9.90 Å². The van der Waals surface area contributed by atoms with Gasteiger partial charge in [0.25, 0.3) is 5.91 Å². The van der Waals surface area contributed by atoms with Crippen LogP contribution in [0.1, 0.15) is 21.7 Å². The second-order valence-corrected chi connectivity index (χ2v) is 4.72. The van der Waals surface area contributed by atoms with Gasteiger partial charge in [-0.15, -0.1) is 11.3 Å². The Kier molecular flexibility index (Phi) is 4.92. The summed E-state index contributed by atoms with van der Waals surface area (Å²) in [6.45, 7) is 1.88. The van der Waals surface area contributed by atoms with E-state index in [9.17, 15) is 9.59 Å². The lowest BCUT2D eigenvalue weighted by Crippen LogP contribution is -2.29. The third-order valence-electron chi connectivity index (χ3n) is 2.09. The van der Waals surface area contributed by atoms with E-state index in [4.69, 9.17) is 21.8 Å². The predicted molar refractivity (Wildman–Crippen MR) is 64.7 cm³/mol. The number of aliphatic carboxylic acids is 1. The molecule has 0 spiro atoms. The minimum atomic E-state index is -1.46. The fourth-order valence-electron chi connectivity index (χ4n) is 1.11. The standard InChI is InChI=1S/C10H12ClNO4S/c1-5-4-17-8(7(5)11)9(14)12-3-2-6(13)10(15)16/h4,6,13H,2-3H2,1H3,(H,12,14)(H,15,16)/t6-/m0/s1. The van der Waals surface area contributed by atoms with Gasteiger partial charge in [0.05, 0.1) is 5.02 Å². The van der Waals surface area contributed by atoms with Gasteiger partial charge in [-0.05, 0) is 17.9 Å². The Labute approximate surface area is 107 Å². The molecule has 0 aliphatic rings. The zero-order valence-electron chi connectivity index (χ0n) is 9.07. The van der Waals surface area contributed by atoms with Crippen LogP contribution in [-0.4, -0.2) is 34.7 Å². The Bertz CT molecular complexity index is 432. The van der Waals surface area contributed by atoms with Crippen molar-refractivity contribution in [3.63, 3.8) is 0 Å². The topological polar surface area (TPSA) is 86.6 Å². The largest absolute Gasteiger partial charge is 0.479 e. The molecule has 3 N–H and O–H groups in total. The molecule has 17 heavy (non-hydrogen) atoms. The van der Waals surface area contributed by atoms with Crippen LogP contribution in [0.4, 0.5) is 0 Å². The quantitative estimate of drug-likeness (QED) is 0.757. The third kappa shape index (κ3) is 3.69. The Morgan fingerprint density at radius 3 is 2.71 bits per heavy atom. The highest BCUT2D eigenvalue weighted by Gasteiger charge is 2.16. The SMILES string of the molecule is Cc1csc(C(=O)NCC[C@H](O)C(=O)O)c1Cl. The summed E-state index contributed by atoms with van der Waals surface area (Å²) in [4.78, 5) is 22.3. The van der Waals surface area contributed by atoms with Crippen molar-refractivity contribution < 1.29 is 19.8 Å². The number of aliphatic hydroxyl groups is 1. The molecule has 5 nitrogen and oxygen atoms in total. The van der Waals surface area contributed by atoms with Crippen LogP contribution in [-0.2, 0) is 4.79 Å². The number of carboxylic acid groups (broad SMARTS) is 1. The molecular weight excluding hydrogens is 266 g/mol. The van der Waals surface area contributed by atoms with Crippen LogP contribution in [0, 0.1) is 6.92 Å². The Morgan fingerprint density at radius 2 is 2.24 bits per heavy atom. The maximum atomic E-state index is 11.6. The first-order valence-electron chi connectivity index (χ1n) is 4.86. The molecule has 1 aromatic rings. The Balaban J connectivity index is 2.46. The molecule has 0 aliphatic heterocycles. The molecule has 0 radical (unpaired) electrons. The predicted octanol–water partition coefficient (Wildman–Crippen LogP) is 1.28. The summed E-state index contributed by atoms with van der Waals surface area (Å²) in [7, 11) is 0. The van der Waals surface area contributed by atoms with Gasteiger partial charge in [-0.25, -0.2) is 4.79 Å². The number of hydrogen-bond donors (Lipinski definition) is 3. The number of thiophene rings is 1. The van der Waals surface area contributed by atoms with Crippen molar-refractivity contribution in [2.24, 2.45) is 0 Å². The number of carbonyl (C=O) groups is 2. The van der Waals surface area contributed by atoms with Gasteiger partial charge in [0.2, 0.25) is 0 Å². The van der Waals surface area contributed by atoms with E-state index in [1.165, 1.54) is 11.3 Å². The molecule has 0 unspecified atom stereocenters.